The van der Waals surface area contributed by atoms with Crippen LogP contribution in [0.4, 0.5) is 48.3 Å². The van der Waals surface area contributed by atoms with Crippen molar-refractivity contribution in [3.05, 3.63) is 34.9 Å². The fraction of sp³-hybridized carbons (Fsp3) is 0.533. The lowest BCUT2D eigenvalue weighted by Gasteiger charge is -2.51. The van der Waals surface area contributed by atoms with E-state index in [4.69, 9.17) is 11.6 Å². The number of benzene rings is 1. The highest BCUT2D eigenvalue weighted by molar-refractivity contribution is 6.30. The van der Waals surface area contributed by atoms with Crippen LogP contribution < -0.4 is 5.32 Å². The number of hydrogen-bond acceptors (Lipinski definition) is 1. The molecule has 2 rings (SSSR count). The van der Waals surface area contributed by atoms with Gasteiger partial charge in [-0.05, 0) is 24.1 Å². The molecule has 0 unspecified atom stereocenters. The van der Waals surface area contributed by atoms with Crippen LogP contribution in [0.1, 0.15) is 5.56 Å². The summed E-state index contributed by atoms with van der Waals surface area (Å²) in [5.41, 5.74) is -6.45. The predicted octanol–water partition coefficient (Wildman–Crippen LogP) is 4.90. The molecule has 1 N–H and O–H groups in total. The maximum Gasteiger partial charge on any atom is 0.384 e. The van der Waals surface area contributed by atoms with Gasteiger partial charge in [-0.25, -0.2) is 4.39 Å². The predicted molar refractivity (Wildman–Crippen MR) is 76.7 cm³/mol. The molecule has 1 aromatic carbocycles. The van der Waals surface area contributed by atoms with Gasteiger partial charge in [0.25, 0.3) is 5.91 Å². The van der Waals surface area contributed by atoms with Crippen molar-refractivity contribution in [1.29, 1.82) is 0 Å². The standard InChI is InChI=1S/C15H9ClF11NO/c16-8-3-1-2-7(6-8)4-5-28-9(29)10(17)11(18,19)13(22,23)15(26,27)14(24,25)12(10,20)21/h1-3,6H,4-5H2,(H,28,29). The van der Waals surface area contributed by atoms with Crippen LogP contribution in [0.5, 0.6) is 0 Å². The van der Waals surface area contributed by atoms with Gasteiger partial charge in [0.05, 0.1) is 0 Å². The Balaban J connectivity index is 2.40. The highest BCUT2D eigenvalue weighted by Crippen LogP contribution is 2.69. The van der Waals surface area contributed by atoms with E-state index in [1.165, 1.54) is 24.3 Å². The summed E-state index contributed by atoms with van der Waals surface area (Å²) in [7, 11) is 0. The Labute approximate surface area is 160 Å². The molecule has 2 nitrogen and oxygen atoms in total. The van der Waals surface area contributed by atoms with E-state index in [1.807, 2.05) is 0 Å². The molecule has 0 radical (unpaired) electrons. The monoisotopic (exact) mass is 463 g/mol. The molecule has 0 heterocycles. The van der Waals surface area contributed by atoms with Gasteiger partial charge in [0.2, 0.25) is 0 Å². The Morgan fingerprint density at radius 2 is 1.24 bits per heavy atom. The fourth-order valence-electron chi connectivity index (χ4n) is 2.64. The van der Waals surface area contributed by atoms with Gasteiger partial charge >= 0.3 is 35.3 Å². The third-order valence-corrected chi connectivity index (χ3v) is 4.58. The molecule has 0 saturated heterocycles. The zero-order valence-corrected chi connectivity index (χ0v) is 14.4. The summed E-state index contributed by atoms with van der Waals surface area (Å²) in [6.07, 6.45) is -0.400. The van der Waals surface area contributed by atoms with E-state index in [-0.39, 0.29) is 10.6 Å². The number of halogens is 12. The molecule has 1 saturated carbocycles. The van der Waals surface area contributed by atoms with E-state index in [0.29, 0.717) is 0 Å². The number of carbonyl (C=O) groups is 1. The van der Waals surface area contributed by atoms with Crippen molar-refractivity contribution >= 4 is 17.5 Å². The van der Waals surface area contributed by atoms with E-state index >= 15 is 0 Å². The number of rotatable bonds is 4. The van der Waals surface area contributed by atoms with Gasteiger partial charge in [0, 0.05) is 11.6 Å². The first-order chi connectivity index (χ1) is 12.9. The van der Waals surface area contributed by atoms with Gasteiger partial charge in [-0.2, -0.15) is 43.9 Å². The molecule has 1 aliphatic rings. The summed E-state index contributed by atoms with van der Waals surface area (Å²) in [4.78, 5) is 11.6. The summed E-state index contributed by atoms with van der Waals surface area (Å²) in [5.74, 6) is -39.7. The Hall–Kier alpha value is -1.79. The van der Waals surface area contributed by atoms with Crippen LogP contribution in [0.2, 0.25) is 5.02 Å². The molecule has 0 aliphatic heterocycles. The first-order valence-electron chi connectivity index (χ1n) is 7.50. The summed E-state index contributed by atoms with van der Waals surface area (Å²) in [6, 6.07) is 5.32. The summed E-state index contributed by atoms with van der Waals surface area (Å²) < 4.78 is 149. The summed E-state index contributed by atoms with van der Waals surface area (Å²) >= 11 is 5.61. The van der Waals surface area contributed by atoms with Crippen LogP contribution in [0.25, 0.3) is 0 Å². The molecule has 164 valence electrons. The van der Waals surface area contributed by atoms with E-state index in [0.717, 1.165) is 5.32 Å². The highest BCUT2D eigenvalue weighted by Gasteiger charge is 3.02. The Morgan fingerprint density at radius 3 is 1.69 bits per heavy atom. The molecule has 1 aromatic rings. The van der Waals surface area contributed by atoms with Gasteiger partial charge in [0.1, 0.15) is 0 Å². The van der Waals surface area contributed by atoms with Crippen molar-refractivity contribution in [1.82, 2.24) is 5.32 Å². The van der Waals surface area contributed by atoms with Gasteiger partial charge in [-0.3, -0.25) is 4.79 Å². The molecule has 29 heavy (non-hydrogen) atoms. The minimum absolute atomic E-state index is 0.141. The molecular weight excluding hydrogens is 455 g/mol. The van der Waals surface area contributed by atoms with Crippen LogP contribution >= 0.6 is 11.6 Å². The first kappa shape index (κ1) is 23.5. The lowest BCUT2D eigenvalue weighted by atomic mass is 9.71. The van der Waals surface area contributed by atoms with Crippen molar-refractivity contribution in [2.45, 2.75) is 41.7 Å². The minimum atomic E-state index is -7.36. The second-order valence-corrected chi connectivity index (χ2v) is 6.60. The smallest absolute Gasteiger partial charge is 0.353 e. The van der Waals surface area contributed by atoms with Gasteiger partial charge in [0.15, 0.2) is 0 Å². The van der Waals surface area contributed by atoms with E-state index in [9.17, 15) is 53.1 Å². The van der Waals surface area contributed by atoms with Gasteiger partial charge in [-0.1, -0.05) is 23.7 Å². The van der Waals surface area contributed by atoms with Crippen LogP contribution in [0.3, 0.4) is 0 Å². The normalized spacial score (nSPS) is 25.2. The van der Waals surface area contributed by atoms with Crippen molar-refractivity contribution < 1.29 is 53.1 Å². The van der Waals surface area contributed by atoms with Crippen molar-refractivity contribution in [2.75, 3.05) is 6.54 Å². The Morgan fingerprint density at radius 1 is 0.793 bits per heavy atom. The van der Waals surface area contributed by atoms with Crippen LogP contribution in [0.15, 0.2) is 24.3 Å². The summed E-state index contributed by atoms with van der Waals surface area (Å²) in [5, 5.41) is 1.19. The fourth-order valence-corrected chi connectivity index (χ4v) is 2.85. The Kier molecular flexibility index (Phi) is 5.35. The topological polar surface area (TPSA) is 29.1 Å². The zero-order chi connectivity index (χ0) is 22.7. The zero-order valence-electron chi connectivity index (χ0n) is 13.7. The van der Waals surface area contributed by atoms with E-state index in [1.54, 1.807) is 0 Å². The maximum atomic E-state index is 14.4. The number of alkyl halides is 11. The van der Waals surface area contributed by atoms with Crippen LogP contribution in [-0.2, 0) is 11.2 Å². The molecule has 0 aromatic heterocycles. The average molecular weight is 464 g/mol. The second kappa shape index (κ2) is 6.61. The molecule has 0 bridgehead atoms. The molecule has 1 aliphatic carbocycles. The molecule has 0 spiro atoms. The van der Waals surface area contributed by atoms with Crippen molar-refractivity contribution in [2.24, 2.45) is 0 Å². The molecule has 1 fully saturated rings. The average Bonchev–Trinajstić information content (AvgIpc) is 2.59. The summed E-state index contributed by atoms with van der Waals surface area (Å²) in [6.45, 7) is -0.968. The SMILES string of the molecule is O=C(NCCc1cccc(Cl)c1)C1(F)C(F)(F)C(F)(F)C(F)(F)C(F)(F)C1(F)F. The number of amides is 1. The van der Waals surface area contributed by atoms with Crippen molar-refractivity contribution in [3.63, 3.8) is 0 Å². The minimum Gasteiger partial charge on any atom is -0.353 e. The molecule has 14 heteroatoms. The van der Waals surface area contributed by atoms with Gasteiger partial charge in [-0.15, -0.1) is 0 Å². The Bertz CT molecular complexity index is 781. The third kappa shape index (κ3) is 2.79. The first-order valence-corrected chi connectivity index (χ1v) is 7.88. The maximum absolute atomic E-state index is 14.4. The van der Waals surface area contributed by atoms with Crippen molar-refractivity contribution in [3.8, 4) is 0 Å². The molecule has 0 atom stereocenters. The number of hydrogen-bond donors (Lipinski definition) is 1. The number of carbonyl (C=O) groups excluding carboxylic acids is 1. The van der Waals surface area contributed by atoms with Crippen LogP contribution in [-0.4, -0.2) is 47.7 Å². The quantitative estimate of drug-likeness (QED) is 0.633. The highest BCUT2D eigenvalue weighted by atomic mass is 35.5. The van der Waals surface area contributed by atoms with Crippen LogP contribution in [0, 0.1) is 0 Å². The lowest BCUT2D eigenvalue weighted by molar-refractivity contribution is -0.476. The van der Waals surface area contributed by atoms with E-state index in [2.05, 4.69) is 0 Å². The van der Waals surface area contributed by atoms with E-state index < -0.39 is 54.2 Å². The largest absolute Gasteiger partial charge is 0.384 e. The van der Waals surface area contributed by atoms with Gasteiger partial charge < -0.3 is 5.32 Å². The molecular formula is C15H9ClF11NO. The number of nitrogens with one attached hydrogen (secondary N) is 1. The lowest BCUT2D eigenvalue weighted by Crippen LogP contribution is -2.86. The molecule has 1 amide bonds. The third-order valence-electron chi connectivity index (χ3n) is 4.34. The second-order valence-electron chi connectivity index (χ2n) is 6.17.